The topological polar surface area (TPSA) is 41.9 Å². The number of nitrogens with one attached hydrogen (secondary N) is 2. The Bertz CT molecular complexity index is 885. The first kappa shape index (κ1) is 18.6. The highest BCUT2D eigenvalue weighted by molar-refractivity contribution is 9.10. The van der Waals surface area contributed by atoms with Gasteiger partial charge in [0.25, 0.3) is 0 Å². The van der Waals surface area contributed by atoms with Crippen LogP contribution in [0.2, 0.25) is 0 Å². The van der Waals surface area contributed by atoms with Crippen molar-refractivity contribution >= 4 is 44.8 Å². The normalized spacial score (nSPS) is 10.6. The number of thiocarbonyl (C=S) groups is 1. The van der Waals surface area contributed by atoms with Gasteiger partial charge >= 0.3 is 0 Å². The lowest BCUT2D eigenvalue weighted by atomic mass is 10.1. The lowest BCUT2D eigenvalue weighted by Crippen LogP contribution is -2.19. The number of rotatable bonds is 5. The molecule has 0 aliphatic rings. The molecule has 4 nitrogen and oxygen atoms in total. The third kappa shape index (κ3) is 4.93. The molecule has 6 heteroatoms. The summed E-state index contributed by atoms with van der Waals surface area (Å²) in [6.45, 7) is 4.93. The fourth-order valence-corrected chi connectivity index (χ4v) is 3.17. The first-order valence-corrected chi connectivity index (χ1v) is 9.69. The summed E-state index contributed by atoms with van der Waals surface area (Å²) >= 11 is 8.94. The van der Waals surface area contributed by atoms with Gasteiger partial charge in [-0.05, 0) is 64.8 Å². The number of halogens is 1. The van der Waals surface area contributed by atoms with Crippen molar-refractivity contribution < 1.29 is 0 Å². The number of hydrogen-bond donors (Lipinski definition) is 2. The summed E-state index contributed by atoms with van der Waals surface area (Å²) < 4.78 is 2.76. The molecule has 0 spiro atoms. The first-order chi connectivity index (χ1) is 12.5. The van der Waals surface area contributed by atoms with Gasteiger partial charge in [0.15, 0.2) is 10.9 Å². The van der Waals surface area contributed by atoms with Crippen molar-refractivity contribution in [3.63, 3.8) is 0 Å². The molecule has 0 saturated carbocycles. The maximum Gasteiger partial charge on any atom is 0.176 e. The maximum absolute atomic E-state index is 5.40. The van der Waals surface area contributed by atoms with Crippen molar-refractivity contribution in [3.05, 3.63) is 75.9 Å². The van der Waals surface area contributed by atoms with Crippen LogP contribution in [0.4, 0.5) is 11.5 Å². The van der Waals surface area contributed by atoms with E-state index >= 15 is 0 Å². The van der Waals surface area contributed by atoms with Crippen LogP contribution in [-0.2, 0) is 13.0 Å². The van der Waals surface area contributed by atoms with Gasteiger partial charge in [0.05, 0.1) is 11.0 Å². The zero-order valence-corrected chi connectivity index (χ0v) is 17.2. The Kier molecular flexibility index (Phi) is 6.06. The van der Waals surface area contributed by atoms with Crippen LogP contribution in [0.5, 0.6) is 0 Å². The molecule has 2 N–H and O–H groups in total. The van der Waals surface area contributed by atoms with E-state index < -0.39 is 0 Å². The molecule has 0 fully saturated rings. The van der Waals surface area contributed by atoms with Crippen LogP contribution in [0.15, 0.2) is 59.2 Å². The molecule has 0 saturated heterocycles. The lowest BCUT2D eigenvalue weighted by Gasteiger charge is -2.09. The molecule has 0 atom stereocenters. The first-order valence-electron chi connectivity index (χ1n) is 8.49. The van der Waals surface area contributed by atoms with Crippen LogP contribution < -0.4 is 10.6 Å². The van der Waals surface area contributed by atoms with E-state index in [0.717, 1.165) is 16.6 Å². The fourth-order valence-electron chi connectivity index (χ4n) is 2.54. The molecule has 0 amide bonds. The monoisotopic (exact) mass is 428 g/mol. The number of aryl methyl sites for hydroxylation is 2. The summed E-state index contributed by atoms with van der Waals surface area (Å²) in [5.41, 5.74) is 4.71. The molecule has 0 aliphatic heterocycles. The fraction of sp³-hybridized carbons (Fsp3) is 0.200. The summed E-state index contributed by atoms with van der Waals surface area (Å²) in [7, 11) is 0. The van der Waals surface area contributed by atoms with Crippen LogP contribution in [-0.4, -0.2) is 14.9 Å². The number of benzene rings is 2. The van der Waals surface area contributed by atoms with Gasteiger partial charge < -0.3 is 10.6 Å². The molecule has 3 aromatic rings. The molecular formula is C20H21BrN4S. The van der Waals surface area contributed by atoms with Gasteiger partial charge in [-0.15, -0.1) is 0 Å². The molecule has 3 rings (SSSR count). The van der Waals surface area contributed by atoms with Gasteiger partial charge in [-0.3, -0.25) is 4.68 Å². The molecule has 0 bridgehead atoms. The Hall–Kier alpha value is -2.18. The molecule has 1 aromatic heterocycles. The average Bonchev–Trinajstić information content (AvgIpc) is 2.96. The smallest absolute Gasteiger partial charge is 0.176 e. The van der Waals surface area contributed by atoms with Crippen molar-refractivity contribution in [2.45, 2.75) is 26.8 Å². The highest BCUT2D eigenvalue weighted by Gasteiger charge is 2.09. The minimum atomic E-state index is 0.510. The molecule has 0 radical (unpaired) electrons. The van der Waals surface area contributed by atoms with E-state index in [-0.39, 0.29) is 0 Å². The molecule has 2 aromatic carbocycles. The van der Waals surface area contributed by atoms with E-state index in [2.05, 4.69) is 81.9 Å². The summed E-state index contributed by atoms with van der Waals surface area (Å²) in [6.07, 6.45) is 2.97. The molecule has 0 aliphatic carbocycles. The predicted molar refractivity (Wildman–Crippen MR) is 116 cm³/mol. The van der Waals surface area contributed by atoms with E-state index in [9.17, 15) is 0 Å². The minimum absolute atomic E-state index is 0.510. The number of aromatic nitrogens is 2. The average molecular weight is 429 g/mol. The Morgan fingerprint density at radius 1 is 1.04 bits per heavy atom. The van der Waals surface area contributed by atoms with Gasteiger partial charge in [0, 0.05) is 11.9 Å². The molecular weight excluding hydrogens is 408 g/mol. The molecule has 134 valence electrons. The van der Waals surface area contributed by atoms with Crippen molar-refractivity contribution in [1.82, 2.24) is 9.78 Å². The third-order valence-corrected chi connectivity index (χ3v) is 4.82. The largest absolute Gasteiger partial charge is 0.332 e. The SMILES string of the molecule is CCc1ccc(NC(=S)Nc2nn(Cc3ccc(C)cc3)cc2Br)cc1. The lowest BCUT2D eigenvalue weighted by molar-refractivity contribution is 0.689. The Morgan fingerprint density at radius 2 is 1.69 bits per heavy atom. The Labute approximate surface area is 167 Å². The van der Waals surface area contributed by atoms with Gasteiger partial charge in [-0.25, -0.2) is 0 Å². The van der Waals surface area contributed by atoms with Gasteiger partial charge in [-0.2, -0.15) is 5.10 Å². The predicted octanol–water partition coefficient (Wildman–Crippen LogP) is 5.37. The number of nitrogens with zero attached hydrogens (tertiary/aromatic N) is 2. The molecule has 1 heterocycles. The van der Waals surface area contributed by atoms with E-state index in [0.29, 0.717) is 17.5 Å². The zero-order chi connectivity index (χ0) is 18.5. The van der Waals surface area contributed by atoms with Crippen molar-refractivity contribution in [1.29, 1.82) is 0 Å². The van der Waals surface area contributed by atoms with Crippen LogP contribution in [0.3, 0.4) is 0 Å². The van der Waals surface area contributed by atoms with Crippen LogP contribution in [0, 0.1) is 6.92 Å². The number of hydrogen-bond acceptors (Lipinski definition) is 2. The van der Waals surface area contributed by atoms with E-state index in [4.69, 9.17) is 12.2 Å². The maximum atomic E-state index is 5.40. The van der Waals surface area contributed by atoms with Crippen LogP contribution >= 0.6 is 28.1 Å². The third-order valence-electron chi connectivity index (χ3n) is 4.03. The second-order valence-corrected chi connectivity index (χ2v) is 7.40. The van der Waals surface area contributed by atoms with E-state index in [1.165, 1.54) is 16.7 Å². The van der Waals surface area contributed by atoms with E-state index in [1.807, 2.05) is 23.0 Å². The second kappa shape index (κ2) is 8.47. The summed E-state index contributed by atoms with van der Waals surface area (Å²) in [4.78, 5) is 0. The van der Waals surface area contributed by atoms with Crippen molar-refractivity contribution in [2.24, 2.45) is 0 Å². The van der Waals surface area contributed by atoms with Crippen LogP contribution in [0.25, 0.3) is 0 Å². The zero-order valence-electron chi connectivity index (χ0n) is 14.8. The quantitative estimate of drug-likeness (QED) is 0.535. The molecule has 0 unspecified atom stereocenters. The van der Waals surface area contributed by atoms with Crippen molar-refractivity contribution in [2.75, 3.05) is 10.6 Å². The highest BCUT2D eigenvalue weighted by Crippen LogP contribution is 2.21. The Morgan fingerprint density at radius 3 is 2.35 bits per heavy atom. The standard InChI is InChI=1S/C20H21BrN4S/c1-3-15-8-10-17(11-9-15)22-20(26)23-19-18(21)13-25(24-19)12-16-6-4-14(2)5-7-16/h4-11,13H,3,12H2,1-2H3,(H2,22,23,24,26). The summed E-state index contributed by atoms with van der Waals surface area (Å²) in [5, 5.41) is 11.4. The summed E-state index contributed by atoms with van der Waals surface area (Å²) in [6, 6.07) is 16.7. The minimum Gasteiger partial charge on any atom is -0.332 e. The van der Waals surface area contributed by atoms with Gasteiger partial charge in [0.1, 0.15) is 0 Å². The van der Waals surface area contributed by atoms with E-state index in [1.54, 1.807) is 0 Å². The van der Waals surface area contributed by atoms with Crippen molar-refractivity contribution in [3.8, 4) is 0 Å². The molecule has 26 heavy (non-hydrogen) atoms. The Balaban J connectivity index is 1.62. The van der Waals surface area contributed by atoms with Gasteiger partial charge in [-0.1, -0.05) is 48.9 Å². The second-order valence-electron chi connectivity index (χ2n) is 6.14. The number of anilines is 2. The van der Waals surface area contributed by atoms with Crippen LogP contribution in [0.1, 0.15) is 23.6 Å². The van der Waals surface area contributed by atoms with Gasteiger partial charge in [0.2, 0.25) is 0 Å². The highest BCUT2D eigenvalue weighted by atomic mass is 79.9. The summed E-state index contributed by atoms with van der Waals surface area (Å²) in [5.74, 6) is 0.694.